The highest BCUT2D eigenvalue weighted by Crippen LogP contribution is 2.22. The number of rotatable bonds is 19. The Hall–Kier alpha value is -4.78. The van der Waals surface area contributed by atoms with Crippen molar-refractivity contribution in [2.24, 2.45) is 45.7 Å². The van der Waals surface area contributed by atoms with Gasteiger partial charge in [0, 0.05) is 57.4 Å². The molecular weight excluding hydrogens is 646 g/mol. The van der Waals surface area contributed by atoms with Crippen LogP contribution in [0.25, 0.3) is 0 Å². The van der Waals surface area contributed by atoms with Crippen molar-refractivity contribution in [1.29, 1.82) is 5.41 Å². The molecular formula is C38H57N9O4. The molecule has 0 radical (unpaired) electrons. The Morgan fingerprint density at radius 3 is 1.96 bits per heavy atom. The molecule has 1 heterocycles. The van der Waals surface area contributed by atoms with Crippen LogP contribution in [0.3, 0.4) is 0 Å². The Morgan fingerprint density at radius 1 is 0.804 bits per heavy atom. The van der Waals surface area contributed by atoms with Gasteiger partial charge in [-0.3, -0.25) is 29.6 Å². The Bertz CT molecular complexity index is 1460. The number of aliphatic imine (C=N–C) groups is 1. The molecule has 0 aromatic heterocycles. The minimum Gasteiger partial charge on any atom is -0.370 e. The molecule has 2 amide bonds. The summed E-state index contributed by atoms with van der Waals surface area (Å²) in [5.74, 6) is -2.45. The normalized spacial score (nSPS) is 15.6. The summed E-state index contributed by atoms with van der Waals surface area (Å²) in [6, 6.07) is 17.3. The summed E-state index contributed by atoms with van der Waals surface area (Å²) in [4.78, 5) is 63.0. The van der Waals surface area contributed by atoms with Crippen LogP contribution in [0.5, 0.6) is 0 Å². The van der Waals surface area contributed by atoms with Gasteiger partial charge in [-0.1, -0.05) is 74.5 Å². The summed E-state index contributed by atoms with van der Waals surface area (Å²) in [5.41, 5.74) is 24.9. The summed E-state index contributed by atoms with van der Waals surface area (Å²) < 4.78 is 0. The molecule has 10 N–H and O–H groups in total. The van der Waals surface area contributed by atoms with E-state index in [-0.39, 0.29) is 48.2 Å². The van der Waals surface area contributed by atoms with Crippen molar-refractivity contribution in [3.63, 3.8) is 0 Å². The first kappa shape index (κ1) is 40.6. The zero-order valence-corrected chi connectivity index (χ0v) is 30.1. The number of benzene rings is 2. The summed E-state index contributed by atoms with van der Waals surface area (Å²) in [6.07, 6.45) is 2.39. The van der Waals surface area contributed by atoms with E-state index in [2.05, 4.69) is 10.3 Å². The van der Waals surface area contributed by atoms with Gasteiger partial charge < -0.3 is 38.1 Å². The largest absolute Gasteiger partial charge is 0.370 e. The number of hydrogen-bond donors (Lipinski definition) is 6. The summed E-state index contributed by atoms with van der Waals surface area (Å²) in [5, 5.41) is 10.8. The molecule has 0 unspecified atom stereocenters. The van der Waals surface area contributed by atoms with Crippen LogP contribution in [0.15, 0.2) is 65.7 Å². The van der Waals surface area contributed by atoms with E-state index < -0.39 is 29.8 Å². The highest BCUT2D eigenvalue weighted by molar-refractivity contribution is 5.95. The monoisotopic (exact) mass is 703 g/mol. The summed E-state index contributed by atoms with van der Waals surface area (Å²) in [6.45, 7) is 6.11. The summed E-state index contributed by atoms with van der Waals surface area (Å²) >= 11 is 0. The number of hydrogen-bond acceptors (Lipinski definition) is 7. The number of carbonyl (C=O) groups excluding carboxylic acids is 4. The van der Waals surface area contributed by atoms with Crippen molar-refractivity contribution in [3.8, 4) is 0 Å². The first-order valence-electron chi connectivity index (χ1n) is 18.0. The number of amides is 2. The molecule has 0 aliphatic carbocycles. The number of nitrogens with two attached hydrogens (primary N) is 4. The van der Waals surface area contributed by atoms with E-state index in [9.17, 15) is 19.2 Å². The molecule has 1 fully saturated rings. The lowest BCUT2D eigenvalue weighted by Crippen LogP contribution is -2.47. The van der Waals surface area contributed by atoms with Gasteiger partial charge in [0.1, 0.15) is 0 Å². The van der Waals surface area contributed by atoms with Crippen LogP contribution >= 0.6 is 0 Å². The minimum atomic E-state index is -0.853. The lowest BCUT2D eigenvalue weighted by molar-refractivity contribution is -0.139. The van der Waals surface area contributed by atoms with Gasteiger partial charge in [0.25, 0.3) is 0 Å². The lowest BCUT2D eigenvalue weighted by Gasteiger charge is -2.28. The van der Waals surface area contributed by atoms with Crippen LogP contribution in [-0.2, 0) is 32.0 Å². The van der Waals surface area contributed by atoms with E-state index >= 15 is 0 Å². The quantitative estimate of drug-likeness (QED) is 0.0713. The number of guanidine groups is 2. The minimum absolute atomic E-state index is 0.0361. The molecule has 2 aromatic carbocycles. The molecule has 0 bridgehead atoms. The molecule has 278 valence electrons. The first-order chi connectivity index (χ1) is 24.3. The van der Waals surface area contributed by atoms with Gasteiger partial charge in [-0.2, -0.15) is 0 Å². The number of nitrogens with zero attached hydrogens (tertiary/aromatic N) is 3. The topological polar surface area (TPSA) is 227 Å². The number of carbonyl (C=O) groups is 4. The third kappa shape index (κ3) is 14.2. The Kier molecular flexibility index (Phi) is 16.6. The number of Topliss-reactive ketones (excluding diaryl/α,β-unsaturated/α-hetero) is 2. The van der Waals surface area contributed by atoms with Crippen molar-refractivity contribution < 1.29 is 19.2 Å². The summed E-state index contributed by atoms with van der Waals surface area (Å²) in [7, 11) is 0. The molecule has 51 heavy (non-hydrogen) atoms. The van der Waals surface area contributed by atoms with E-state index in [4.69, 9.17) is 28.3 Å². The molecule has 13 heteroatoms. The first-order valence-corrected chi connectivity index (χ1v) is 18.0. The van der Waals surface area contributed by atoms with E-state index in [1.165, 1.54) is 0 Å². The van der Waals surface area contributed by atoms with E-state index in [0.29, 0.717) is 71.2 Å². The second-order valence-electron chi connectivity index (χ2n) is 13.9. The van der Waals surface area contributed by atoms with E-state index in [1.807, 2.05) is 74.5 Å². The third-order valence-corrected chi connectivity index (χ3v) is 9.22. The maximum atomic E-state index is 14.1. The van der Waals surface area contributed by atoms with Crippen molar-refractivity contribution in [2.45, 2.75) is 77.3 Å². The highest BCUT2D eigenvalue weighted by atomic mass is 16.2. The van der Waals surface area contributed by atoms with E-state index in [0.717, 1.165) is 11.1 Å². The van der Waals surface area contributed by atoms with Crippen LogP contribution < -0.4 is 28.3 Å². The fourth-order valence-electron chi connectivity index (χ4n) is 6.44. The Balaban J connectivity index is 1.79. The smallest absolute Gasteiger partial charge is 0.226 e. The fourth-order valence-corrected chi connectivity index (χ4v) is 6.44. The van der Waals surface area contributed by atoms with E-state index in [1.54, 1.807) is 9.80 Å². The molecule has 3 rings (SSSR count). The zero-order valence-electron chi connectivity index (χ0n) is 30.1. The fraction of sp³-hybridized carbons (Fsp3) is 0.526. The van der Waals surface area contributed by atoms with Gasteiger partial charge in [0.2, 0.25) is 11.8 Å². The Morgan fingerprint density at radius 2 is 1.37 bits per heavy atom. The molecule has 4 atom stereocenters. The van der Waals surface area contributed by atoms with Crippen molar-refractivity contribution in [1.82, 2.24) is 15.1 Å². The van der Waals surface area contributed by atoms with Crippen LogP contribution in [0.1, 0.15) is 63.5 Å². The number of ketones is 2. The van der Waals surface area contributed by atoms with Gasteiger partial charge >= 0.3 is 0 Å². The molecule has 1 aliphatic heterocycles. The second kappa shape index (κ2) is 20.8. The maximum absolute atomic E-state index is 14.1. The van der Waals surface area contributed by atoms with Crippen LogP contribution in [0.2, 0.25) is 0 Å². The SMILES string of the molecule is CC(C)C[C@@H](NC(=O)[C@H](CC(=O)[C@H](N)Cc1ccccc1)Cc1ccccc1)C(=O)C[C@H](CCCN=C(N)N)C(=O)N1CCCN(C(=N)N)CC1. The average Bonchev–Trinajstić information content (AvgIpc) is 3.36. The predicted octanol–water partition coefficient (Wildman–Crippen LogP) is 1.96. The van der Waals surface area contributed by atoms with Gasteiger partial charge in [-0.15, -0.1) is 0 Å². The molecule has 0 saturated carbocycles. The Labute approximate surface area is 302 Å². The van der Waals surface area contributed by atoms with Crippen LogP contribution in [0, 0.1) is 23.2 Å². The van der Waals surface area contributed by atoms with Gasteiger partial charge in [-0.05, 0) is 55.6 Å². The van der Waals surface area contributed by atoms with Gasteiger partial charge in [0.05, 0.1) is 12.1 Å². The average molecular weight is 704 g/mol. The number of nitrogens with one attached hydrogen (secondary N) is 2. The van der Waals surface area contributed by atoms with Crippen molar-refractivity contribution >= 4 is 35.3 Å². The zero-order chi connectivity index (χ0) is 37.3. The molecule has 0 spiro atoms. The standard InChI is InChI=1S/C38H57N9O4/c1-26(2)21-32(34(49)24-29(15-9-16-44-37(40)41)36(51)46-17-10-18-47(20-19-46)38(42)43)45-35(50)30(22-27-11-5-3-6-12-27)25-33(48)31(39)23-28-13-7-4-8-14-28/h3-8,11-14,26,29-32H,9-10,15-25,39H2,1-2H3,(H3,42,43)(H,45,50)(H4,40,41,44)/t29-,30-,31+,32+/m0/s1. The second-order valence-corrected chi connectivity index (χ2v) is 13.9. The molecule has 1 saturated heterocycles. The molecule has 1 aliphatic rings. The maximum Gasteiger partial charge on any atom is 0.226 e. The van der Waals surface area contributed by atoms with Crippen LogP contribution in [0.4, 0.5) is 0 Å². The van der Waals surface area contributed by atoms with Gasteiger partial charge in [0.15, 0.2) is 23.5 Å². The highest BCUT2D eigenvalue weighted by Gasteiger charge is 2.33. The lowest BCUT2D eigenvalue weighted by atomic mass is 9.87. The third-order valence-electron chi connectivity index (χ3n) is 9.22. The predicted molar refractivity (Wildman–Crippen MR) is 200 cm³/mol. The molecule has 13 nitrogen and oxygen atoms in total. The van der Waals surface area contributed by atoms with Crippen LogP contribution in [-0.4, -0.2) is 89.9 Å². The van der Waals surface area contributed by atoms with Gasteiger partial charge in [-0.25, -0.2) is 0 Å². The van der Waals surface area contributed by atoms with Crippen molar-refractivity contribution in [2.75, 3.05) is 32.7 Å². The van der Waals surface area contributed by atoms with Crippen molar-refractivity contribution in [3.05, 3.63) is 71.8 Å². The molecule has 2 aromatic rings.